The van der Waals surface area contributed by atoms with Crippen molar-refractivity contribution in [2.24, 2.45) is 0 Å². The molecule has 2 N–H and O–H groups in total. The molecule has 26 heavy (non-hydrogen) atoms. The summed E-state index contributed by atoms with van der Waals surface area (Å²) in [6, 6.07) is 8.04. The van der Waals surface area contributed by atoms with Gasteiger partial charge in [0.1, 0.15) is 20.0 Å². The SMILES string of the molecule is O=C(O)c1cccc(S(=O)(=O)[N-]S(=O)(=O)c2cccc(C(=O)O)c2)c1.[Li+]. The summed E-state index contributed by atoms with van der Waals surface area (Å²) >= 11 is 0. The molecule has 0 amide bonds. The maximum atomic E-state index is 12.2. The van der Waals surface area contributed by atoms with Gasteiger partial charge >= 0.3 is 30.8 Å². The van der Waals surface area contributed by atoms with Crippen molar-refractivity contribution in [3.05, 3.63) is 63.8 Å². The van der Waals surface area contributed by atoms with Crippen molar-refractivity contribution in [3.63, 3.8) is 0 Å². The Hall–Kier alpha value is -2.16. The van der Waals surface area contributed by atoms with Crippen molar-refractivity contribution in [1.82, 2.24) is 0 Å². The molecule has 0 aliphatic heterocycles. The minimum absolute atomic E-state index is 0. The summed E-state index contributed by atoms with van der Waals surface area (Å²) in [5, 5.41) is 17.7. The van der Waals surface area contributed by atoms with E-state index in [0.717, 1.165) is 48.5 Å². The molecular weight excluding hydrogens is 381 g/mol. The predicted molar refractivity (Wildman–Crippen MR) is 84.5 cm³/mol. The molecule has 0 radical (unpaired) electrons. The van der Waals surface area contributed by atoms with Crippen molar-refractivity contribution in [2.75, 3.05) is 0 Å². The fraction of sp³-hybridized carbons (Fsp3) is 0. The number of carbonyl (C=O) groups is 2. The summed E-state index contributed by atoms with van der Waals surface area (Å²) < 4.78 is 51.5. The Morgan fingerprint density at radius 2 is 1.08 bits per heavy atom. The van der Waals surface area contributed by atoms with E-state index in [1.807, 2.05) is 0 Å². The van der Waals surface area contributed by atoms with Gasteiger partial charge in [0.2, 0.25) is 0 Å². The van der Waals surface area contributed by atoms with Gasteiger partial charge in [-0.25, -0.2) is 26.4 Å². The first-order valence-corrected chi connectivity index (χ1v) is 9.32. The molecule has 0 unspecified atom stereocenters. The number of benzene rings is 2. The first kappa shape index (κ1) is 21.9. The average molecular weight is 391 g/mol. The number of nitrogens with zero attached hydrogens (tertiary/aromatic N) is 1. The number of rotatable bonds is 6. The Labute approximate surface area is 160 Å². The minimum Gasteiger partial charge on any atom is -0.478 e. The van der Waals surface area contributed by atoms with E-state index in [1.165, 1.54) is 0 Å². The molecule has 0 fully saturated rings. The van der Waals surface area contributed by atoms with Crippen molar-refractivity contribution in [3.8, 4) is 0 Å². The molecule has 0 heterocycles. The zero-order valence-corrected chi connectivity index (χ0v) is 14.9. The monoisotopic (exact) mass is 391 g/mol. The Kier molecular flexibility index (Phi) is 6.75. The Balaban J connectivity index is 0.00000338. The standard InChI is InChI=1S/C14H10NO8S2.Li/c16-13(17)9-3-1-5-11(7-9)24(20,21)15-25(22,23)12-6-2-4-10(8-12)14(18)19;/h1-8H,(H,16,17)(H,18,19);/q-1;+1. The second-order valence-corrected chi connectivity index (χ2v) is 8.13. The van der Waals surface area contributed by atoms with Crippen molar-refractivity contribution >= 4 is 32.0 Å². The van der Waals surface area contributed by atoms with Crippen molar-refractivity contribution in [1.29, 1.82) is 0 Å². The van der Waals surface area contributed by atoms with Crippen LogP contribution < -0.4 is 18.9 Å². The van der Waals surface area contributed by atoms with Crippen LogP contribution in [0.5, 0.6) is 0 Å². The second-order valence-electron chi connectivity index (χ2n) is 4.69. The zero-order valence-electron chi connectivity index (χ0n) is 13.2. The van der Waals surface area contributed by atoms with Crippen LogP contribution in [0.1, 0.15) is 20.7 Å². The summed E-state index contributed by atoms with van der Waals surface area (Å²) in [5.74, 6) is -2.79. The van der Waals surface area contributed by atoms with Crippen LogP contribution in [0.4, 0.5) is 0 Å². The first-order chi connectivity index (χ1) is 11.5. The van der Waals surface area contributed by atoms with Crippen LogP contribution in [0, 0.1) is 0 Å². The Bertz CT molecular complexity index is 978. The molecule has 0 aromatic heterocycles. The van der Waals surface area contributed by atoms with Crippen LogP contribution >= 0.6 is 0 Å². The molecular formula is C14H10LiNO8S2. The van der Waals surface area contributed by atoms with Crippen LogP contribution in [-0.4, -0.2) is 39.0 Å². The third-order valence-electron chi connectivity index (χ3n) is 2.95. The Morgan fingerprint density at radius 1 is 0.731 bits per heavy atom. The van der Waals surface area contributed by atoms with Gasteiger partial charge in [0, 0.05) is 9.79 Å². The molecule has 0 spiro atoms. The van der Waals surface area contributed by atoms with Crippen LogP contribution in [-0.2, 0) is 20.0 Å². The maximum absolute atomic E-state index is 12.2. The summed E-state index contributed by atoms with van der Waals surface area (Å²) in [4.78, 5) is 20.5. The Morgan fingerprint density at radius 3 is 1.38 bits per heavy atom. The quantitative estimate of drug-likeness (QED) is 0.566. The van der Waals surface area contributed by atoms with E-state index in [4.69, 9.17) is 10.2 Å². The maximum Gasteiger partial charge on any atom is 1.00 e. The van der Waals surface area contributed by atoms with E-state index < -0.39 is 41.8 Å². The average Bonchev–Trinajstić information content (AvgIpc) is 2.54. The van der Waals surface area contributed by atoms with Gasteiger partial charge < -0.3 is 14.3 Å². The molecule has 0 aliphatic carbocycles. The molecule has 2 aromatic carbocycles. The molecule has 12 heteroatoms. The number of aromatic carboxylic acids is 2. The fourth-order valence-corrected chi connectivity index (χ4v) is 4.57. The third kappa shape index (κ3) is 4.93. The third-order valence-corrected chi connectivity index (χ3v) is 6.22. The summed E-state index contributed by atoms with van der Waals surface area (Å²) in [6.45, 7) is 0. The van der Waals surface area contributed by atoms with Crippen LogP contribution in [0.3, 0.4) is 0 Å². The largest absolute Gasteiger partial charge is 1.00 e. The molecule has 2 rings (SSSR count). The molecule has 0 bridgehead atoms. The van der Waals surface area contributed by atoms with Gasteiger partial charge in [-0.05, 0) is 36.4 Å². The van der Waals surface area contributed by atoms with Gasteiger partial charge in [-0.1, -0.05) is 12.1 Å². The van der Waals surface area contributed by atoms with E-state index in [2.05, 4.69) is 4.13 Å². The van der Waals surface area contributed by atoms with Crippen LogP contribution in [0.25, 0.3) is 4.13 Å². The number of carboxylic acid groups (broad SMARTS) is 2. The molecule has 0 saturated carbocycles. The van der Waals surface area contributed by atoms with E-state index >= 15 is 0 Å². The molecule has 9 nitrogen and oxygen atoms in total. The van der Waals surface area contributed by atoms with E-state index in [9.17, 15) is 26.4 Å². The number of hydrogen-bond acceptors (Lipinski definition) is 6. The van der Waals surface area contributed by atoms with Crippen molar-refractivity contribution < 1.29 is 55.5 Å². The molecule has 2 aromatic rings. The normalized spacial score (nSPS) is 11.4. The molecule has 0 saturated heterocycles. The van der Waals surface area contributed by atoms with Gasteiger partial charge in [-0.15, -0.1) is 0 Å². The van der Waals surface area contributed by atoms with Gasteiger partial charge in [-0.3, -0.25) is 0 Å². The zero-order chi connectivity index (χ0) is 18.8. The summed E-state index contributed by atoms with van der Waals surface area (Å²) in [7, 11) is -9.46. The topological polar surface area (TPSA) is 157 Å². The number of carboxylic acids is 2. The molecule has 0 aliphatic rings. The van der Waals surface area contributed by atoms with Crippen molar-refractivity contribution in [2.45, 2.75) is 9.79 Å². The number of hydrogen-bond donors (Lipinski definition) is 2. The van der Waals surface area contributed by atoms with Crippen LogP contribution in [0.15, 0.2) is 58.3 Å². The van der Waals surface area contributed by atoms with Gasteiger partial charge in [-0.2, -0.15) is 0 Å². The van der Waals surface area contributed by atoms with E-state index in [0.29, 0.717) is 0 Å². The number of sulfonamides is 2. The minimum atomic E-state index is -4.73. The molecule has 0 atom stereocenters. The van der Waals surface area contributed by atoms with Gasteiger partial charge in [0.25, 0.3) is 0 Å². The smallest absolute Gasteiger partial charge is 0.478 e. The van der Waals surface area contributed by atoms with E-state index in [1.54, 1.807) is 0 Å². The fourth-order valence-electron chi connectivity index (χ4n) is 1.79. The van der Waals surface area contributed by atoms with Gasteiger partial charge in [0.15, 0.2) is 0 Å². The first-order valence-electron chi connectivity index (χ1n) is 6.44. The summed E-state index contributed by atoms with van der Waals surface area (Å²) in [6.07, 6.45) is 0. The molecule has 132 valence electrons. The van der Waals surface area contributed by atoms with E-state index in [-0.39, 0.29) is 30.0 Å². The van der Waals surface area contributed by atoms with Gasteiger partial charge in [0.05, 0.1) is 11.1 Å². The second kappa shape index (κ2) is 8.03. The predicted octanol–water partition coefficient (Wildman–Crippen LogP) is -1.46. The van der Waals surface area contributed by atoms with Crippen LogP contribution in [0.2, 0.25) is 0 Å². The summed E-state index contributed by atoms with van der Waals surface area (Å²) in [5.41, 5.74) is -0.719.